The lowest BCUT2D eigenvalue weighted by atomic mass is 10.0. The maximum Gasteiger partial charge on any atom is 0.119 e. The van der Waals surface area contributed by atoms with Gasteiger partial charge in [0.15, 0.2) is 0 Å². The Kier molecular flexibility index (Phi) is 5.43. The minimum Gasteiger partial charge on any atom is -0.497 e. The average molecular weight is 302 g/mol. The van der Waals surface area contributed by atoms with Crippen LogP contribution in [0.5, 0.6) is 5.75 Å². The molecule has 1 atom stereocenters. The standard InChI is InChI=1S/C13H20BrNO2/c1-4-13(2,15)9-17-8-10-7-11(16-3)5-6-12(10)14/h5-7H,4,8-9,15H2,1-3H3. The number of hydrogen-bond donors (Lipinski definition) is 1. The number of benzene rings is 1. The van der Waals surface area contributed by atoms with Gasteiger partial charge in [-0.25, -0.2) is 0 Å². The summed E-state index contributed by atoms with van der Waals surface area (Å²) in [7, 11) is 1.65. The summed E-state index contributed by atoms with van der Waals surface area (Å²) < 4.78 is 11.8. The van der Waals surface area contributed by atoms with Gasteiger partial charge in [-0.3, -0.25) is 0 Å². The molecule has 0 saturated heterocycles. The molecule has 0 radical (unpaired) electrons. The van der Waals surface area contributed by atoms with Gasteiger partial charge in [-0.05, 0) is 37.1 Å². The highest BCUT2D eigenvalue weighted by Gasteiger charge is 2.15. The summed E-state index contributed by atoms with van der Waals surface area (Å²) in [6, 6.07) is 5.83. The quantitative estimate of drug-likeness (QED) is 0.878. The fraction of sp³-hybridized carbons (Fsp3) is 0.538. The molecule has 0 aliphatic rings. The molecular weight excluding hydrogens is 282 g/mol. The van der Waals surface area contributed by atoms with E-state index < -0.39 is 0 Å². The molecule has 0 aliphatic heterocycles. The number of methoxy groups -OCH3 is 1. The fourth-order valence-corrected chi connectivity index (χ4v) is 1.65. The fourth-order valence-electron chi connectivity index (χ4n) is 1.28. The molecule has 0 heterocycles. The van der Waals surface area contributed by atoms with Gasteiger partial charge in [-0.2, -0.15) is 0 Å². The van der Waals surface area contributed by atoms with Gasteiger partial charge in [-0.1, -0.05) is 22.9 Å². The van der Waals surface area contributed by atoms with Crippen LogP contribution in [-0.4, -0.2) is 19.3 Å². The minimum atomic E-state index is -0.259. The zero-order valence-electron chi connectivity index (χ0n) is 10.6. The summed E-state index contributed by atoms with van der Waals surface area (Å²) in [4.78, 5) is 0. The number of rotatable bonds is 6. The van der Waals surface area contributed by atoms with Crippen molar-refractivity contribution in [2.45, 2.75) is 32.4 Å². The highest BCUT2D eigenvalue weighted by Crippen LogP contribution is 2.23. The molecule has 17 heavy (non-hydrogen) atoms. The maximum atomic E-state index is 6.01. The summed E-state index contributed by atoms with van der Waals surface area (Å²) in [5.74, 6) is 0.831. The Morgan fingerprint density at radius 1 is 1.41 bits per heavy atom. The van der Waals surface area contributed by atoms with Crippen LogP contribution in [0.1, 0.15) is 25.8 Å². The molecular formula is C13H20BrNO2. The molecule has 1 unspecified atom stereocenters. The van der Waals surface area contributed by atoms with E-state index in [1.54, 1.807) is 7.11 Å². The van der Waals surface area contributed by atoms with Crippen LogP contribution < -0.4 is 10.5 Å². The highest BCUT2D eigenvalue weighted by atomic mass is 79.9. The summed E-state index contributed by atoms with van der Waals surface area (Å²) >= 11 is 3.49. The summed E-state index contributed by atoms with van der Waals surface area (Å²) in [6.45, 7) is 5.14. The van der Waals surface area contributed by atoms with E-state index in [4.69, 9.17) is 15.2 Å². The van der Waals surface area contributed by atoms with Gasteiger partial charge in [0.2, 0.25) is 0 Å². The topological polar surface area (TPSA) is 44.5 Å². The molecule has 0 bridgehead atoms. The van der Waals surface area contributed by atoms with Gasteiger partial charge < -0.3 is 15.2 Å². The zero-order valence-corrected chi connectivity index (χ0v) is 12.2. The van der Waals surface area contributed by atoms with Gasteiger partial charge in [0.25, 0.3) is 0 Å². The predicted molar refractivity (Wildman–Crippen MR) is 73.2 cm³/mol. The summed E-state index contributed by atoms with van der Waals surface area (Å²) in [5, 5.41) is 0. The molecule has 0 aliphatic carbocycles. The van der Waals surface area contributed by atoms with E-state index >= 15 is 0 Å². The van der Waals surface area contributed by atoms with Crippen molar-refractivity contribution in [3.8, 4) is 5.75 Å². The summed E-state index contributed by atoms with van der Waals surface area (Å²) in [5.41, 5.74) is 6.82. The SMILES string of the molecule is CCC(C)(N)COCc1cc(OC)ccc1Br. The first-order valence-electron chi connectivity index (χ1n) is 5.67. The van der Waals surface area contributed by atoms with E-state index in [-0.39, 0.29) is 5.54 Å². The third kappa shape index (κ3) is 4.66. The Balaban J connectivity index is 2.57. The van der Waals surface area contributed by atoms with Crippen molar-refractivity contribution in [3.05, 3.63) is 28.2 Å². The molecule has 4 heteroatoms. The molecule has 1 aromatic carbocycles. The van der Waals surface area contributed by atoms with Crippen LogP contribution >= 0.6 is 15.9 Å². The smallest absolute Gasteiger partial charge is 0.119 e. The number of halogens is 1. The second-order valence-corrected chi connectivity index (χ2v) is 5.31. The second kappa shape index (κ2) is 6.38. The molecule has 3 nitrogen and oxygen atoms in total. The van der Waals surface area contributed by atoms with Crippen molar-refractivity contribution in [2.75, 3.05) is 13.7 Å². The van der Waals surface area contributed by atoms with E-state index in [0.29, 0.717) is 13.2 Å². The molecule has 2 N–H and O–H groups in total. The lowest BCUT2D eigenvalue weighted by Crippen LogP contribution is -2.40. The van der Waals surface area contributed by atoms with E-state index in [2.05, 4.69) is 22.9 Å². The van der Waals surface area contributed by atoms with E-state index in [9.17, 15) is 0 Å². The van der Waals surface area contributed by atoms with Crippen LogP contribution in [0.2, 0.25) is 0 Å². The highest BCUT2D eigenvalue weighted by molar-refractivity contribution is 9.10. The van der Waals surface area contributed by atoms with E-state index in [1.165, 1.54) is 0 Å². The van der Waals surface area contributed by atoms with Crippen LogP contribution in [0, 0.1) is 0 Å². The van der Waals surface area contributed by atoms with Crippen molar-refractivity contribution in [1.29, 1.82) is 0 Å². The number of hydrogen-bond acceptors (Lipinski definition) is 3. The van der Waals surface area contributed by atoms with Gasteiger partial charge in [0.05, 0.1) is 20.3 Å². The molecule has 1 aromatic rings. The first-order chi connectivity index (χ1) is 7.98. The van der Waals surface area contributed by atoms with Gasteiger partial charge >= 0.3 is 0 Å². The predicted octanol–water partition coefficient (Wildman–Crippen LogP) is 3.10. The monoisotopic (exact) mass is 301 g/mol. The Morgan fingerprint density at radius 2 is 2.12 bits per heavy atom. The first-order valence-corrected chi connectivity index (χ1v) is 6.47. The van der Waals surface area contributed by atoms with Crippen LogP contribution in [0.15, 0.2) is 22.7 Å². The van der Waals surface area contributed by atoms with Crippen molar-refractivity contribution in [2.24, 2.45) is 5.73 Å². The van der Waals surface area contributed by atoms with Crippen LogP contribution in [-0.2, 0) is 11.3 Å². The molecule has 0 fully saturated rings. The lowest BCUT2D eigenvalue weighted by molar-refractivity contribution is 0.0773. The lowest BCUT2D eigenvalue weighted by Gasteiger charge is -2.22. The molecule has 96 valence electrons. The molecule has 0 saturated carbocycles. The van der Waals surface area contributed by atoms with Crippen LogP contribution in [0.4, 0.5) is 0 Å². The molecule has 0 aromatic heterocycles. The Morgan fingerprint density at radius 3 is 2.71 bits per heavy atom. The van der Waals surface area contributed by atoms with Gasteiger partial charge in [0.1, 0.15) is 5.75 Å². The van der Waals surface area contributed by atoms with Crippen molar-refractivity contribution in [3.63, 3.8) is 0 Å². The molecule has 0 amide bonds. The third-order valence-corrected chi connectivity index (χ3v) is 3.52. The first kappa shape index (κ1) is 14.5. The van der Waals surface area contributed by atoms with Gasteiger partial charge in [-0.15, -0.1) is 0 Å². The van der Waals surface area contributed by atoms with E-state index in [0.717, 1.165) is 22.2 Å². The Labute approximate surface area is 111 Å². The Hall–Kier alpha value is -0.580. The van der Waals surface area contributed by atoms with Crippen LogP contribution in [0.25, 0.3) is 0 Å². The van der Waals surface area contributed by atoms with Crippen molar-refractivity contribution in [1.82, 2.24) is 0 Å². The van der Waals surface area contributed by atoms with E-state index in [1.807, 2.05) is 25.1 Å². The maximum absolute atomic E-state index is 6.01. The average Bonchev–Trinajstić information content (AvgIpc) is 2.31. The second-order valence-electron chi connectivity index (χ2n) is 4.46. The third-order valence-electron chi connectivity index (χ3n) is 2.75. The summed E-state index contributed by atoms with van der Waals surface area (Å²) in [6.07, 6.45) is 0.895. The number of ether oxygens (including phenoxy) is 2. The van der Waals surface area contributed by atoms with Crippen molar-refractivity contribution >= 4 is 15.9 Å². The molecule has 1 rings (SSSR count). The van der Waals surface area contributed by atoms with Crippen LogP contribution in [0.3, 0.4) is 0 Å². The minimum absolute atomic E-state index is 0.259. The zero-order chi connectivity index (χ0) is 12.9. The van der Waals surface area contributed by atoms with Gasteiger partial charge in [0, 0.05) is 10.0 Å². The largest absolute Gasteiger partial charge is 0.497 e. The number of nitrogens with two attached hydrogens (primary N) is 1. The molecule has 0 spiro atoms. The van der Waals surface area contributed by atoms with Crippen molar-refractivity contribution < 1.29 is 9.47 Å². The normalized spacial score (nSPS) is 14.4. The Bertz CT molecular complexity index is 366.